The fourth-order valence-corrected chi connectivity index (χ4v) is 4.44. The molecule has 0 radical (unpaired) electrons. The highest BCUT2D eigenvalue weighted by Gasteiger charge is 2.43. The number of carbonyl (C=O) groups excluding carboxylic acids is 1. The normalized spacial score (nSPS) is 17.2. The van der Waals surface area contributed by atoms with E-state index in [1.54, 1.807) is 12.1 Å². The van der Waals surface area contributed by atoms with Gasteiger partial charge >= 0.3 is 13.9 Å². The molecule has 0 aromatic heterocycles. The van der Waals surface area contributed by atoms with Crippen molar-refractivity contribution >= 4 is 19.5 Å². The largest absolute Gasteiger partial charge is 0.524 e. The molecule has 0 spiro atoms. The Balaban J connectivity index is 1.86. The van der Waals surface area contributed by atoms with Crippen molar-refractivity contribution in [1.29, 1.82) is 0 Å². The molecule has 2 amide bonds. The molecule has 9 nitrogen and oxygen atoms in total. The Morgan fingerprint density at radius 1 is 1.03 bits per heavy atom. The number of carbonyl (C=O) groups is 1. The van der Waals surface area contributed by atoms with Gasteiger partial charge < -0.3 is 24.6 Å². The number of benzene rings is 2. The predicted octanol–water partition coefficient (Wildman–Crippen LogP) is 5.45. The zero-order valence-electron chi connectivity index (χ0n) is 21.7. The van der Waals surface area contributed by atoms with Crippen molar-refractivity contribution in [1.82, 2.24) is 5.32 Å². The summed E-state index contributed by atoms with van der Waals surface area (Å²) in [5.41, 5.74) is 3.10. The minimum atomic E-state index is -4.75. The van der Waals surface area contributed by atoms with Gasteiger partial charge in [-0.3, -0.25) is 9.79 Å². The molecule has 1 aliphatic heterocycles. The number of para-hydroxylation sites is 1. The molecule has 2 aromatic carbocycles. The van der Waals surface area contributed by atoms with Gasteiger partial charge in [0.15, 0.2) is 0 Å². The van der Waals surface area contributed by atoms with Gasteiger partial charge in [-0.1, -0.05) is 71.9 Å². The van der Waals surface area contributed by atoms with Crippen molar-refractivity contribution in [2.45, 2.75) is 59.2 Å². The first-order chi connectivity index (χ1) is 16.7. The lowest BCUT2D eigenvalue weighted by molar-refractivity contribution is -0.303. The molecule has 10 heteroatoms. The van der Waals surface area contributed by atoms with Crippen LogP contribution in [0.15, 0.2) is 42.5 Å². The number of hydrogen-bond acceptors (Lipinski definition) is 5. The van der Waals surface area contributed by atoms with Crippen LogP contribution in [0.3, 0.4) is 0 Å². The van der Waals surface area contributed by atoms with Crippen LogP contribution in [-0.4, -0.2) is 35.6 Å². The Morgan fingerprint density at radius 2 is 1.58 bits per heavy atom. The van der Waals surface area contributed by atoms with E-state index in [0.717, 1.165) is 16.8 Å². The maximum absolute atomic E-state index is 13.1. The van der Waals surface area contributed by atoms with Crippen molar-refractivity contribution < 1.29 is 33.1 Å². The predicted molar refractivity (Wildman–Crippen MR) is 138 cm³/mol. The molecule has 0 bridgehead atoms. The second kappa shape index (κ2) is 10.9. The van der Waals surface area contributed by atoms with Gasteiger partial charge in [-0.2, -0.15) is 0 Å². The van der Waals surface area contributed by atoms with Gasteiger partial charge in [0, 0.05) is 16.7 Å². The van der Waals surface area contributed by atoms with Crippen LogP contribution in [0.25, 0.3) is 0 Å². The summed E-state index contributed by atoms with van der Waals surface area (Å²) in [6.07, 6.45) is 0. The molecule has 36 heavy (non-hydrogen) atoms. The lowest BCUT2D eigenvalue weighted by Gasteiger charge is -2.43. The summed E-state index contributed by atoms with van der Waals surface area (Å²) in [4.78, 5) is 31.5. The molecular weight excluding hydrogens is 483 g/mol. The van der Waals surface area contributed by atoms with Gasteiger partial charge in [-0.05, 0) is 35.1 Å². The Bertz CT molecular complexity index is 1090. The average molecular weight is 521 g/mol. The van der Waals surface area contributed by atoms with Crippen molar-refractivity contribution in [3.8, 4) is 5.75 Å². The third-order valence-corrected chi connectivity index (χ3v) is 6.43. The lowest BCUT2D eigenvalue weighted by Crippen LogP contribution is -2.52. The molecule has 0 saturated carbocycles. The van der Waals surface area contributed by atoms with E-state index < -0.39 is 19.6 Å². The Kier molecular flexibility index (Phi) is 8.53. The van der Waals surface area contributed by atoms with Crippen LogP contribution in [0.1, 0.15) is 70.1 Å². The second-order valence-electron chi connectivity index (χ2n) is 10.5. The maximum Gasteiger partial charge on any atom is 0.524 e. The highest BCUT2D eigenvalue weighted by Crippen LogP contribution is 2.41. The number of ether oxygens (including phenoxy) is 2. The molecule has 198 valence electrons. The third kappa shape index (κ3) is 7.08. The van der Waals surface area contributed by atoms with Gasteiger partial charge in [-0.25, -0.2) is 9.36 Å². The van der Waals surface area contributed by atoms with Crippen molar-refractivity contribution in [2.24, 2.45) is 5.41 Å². The number of nitrogens with one attached hydrogen (secondary N) is 2. The molecule has 4 N–H and O–H groups in total. The van der Waals surface area contributed by atoms with E-state index in [-0.39, 0.29) is 29.5 Å². The Hall–Kier alpha value is -2.42. The summed E-state index contributed by atoms with van der Waals surface area (Å²) in [5, 5.41) is 5.89. The number of urea groups is 1. The van der Waals surface area contributed by atoms with Crippen LogP contribution in [0.4, 0.5) is 10.5 Å². The van der Waals surface area contributed by atoms with E-state index in [9.17, 15) is 19.1 Å². The molecule has 1 fully saturated rings. The second-order valence-corrected chi connectivity index (χ2v) is 11.7. The van der Waals surface area contributed by atoms with Gasteiger partial charge in [0.25, 0.3) is 0 Å². The van der Waals surface area contributed by atoms with Crippen LogP contribution in [-0.2, 0) is 19.8 Å². The van der Waals surface area contributed by atoms with Crippen LogP contribution >= 0.6 is 7.82 Å². The summed E-state index contributed by atoms with van der Waals surface area (Å²) < 4.78 is 28.4. The van der Waals surface area contributed by atoms with Crippen molar-refractivity contribution in [3.05, 3.63) is 59.2 Å². The molecule has 0 aliphatic carbocycles. The molecule has 3 rings (SSSR count). The van der Waals surface area contributed by atoms with E-state index in [1.165, 1.54) is 12.1 Å². The molecule has 2 aromatic rings. The topological polar surface area (TPSA) is 126 Å². The monoisotopic (exact) mass is 520 g/mol. The first kappa shape index (κ1) is 28.2. The van der Waals surface area contributed by atoms with Gasteiger partial charge in [0.05, 0.1) is 19.8 Å². The van der Waals surface area contributed by atoms with E-state index in [4.69, 9.17) is 14.0 Å². The number of phosphoric acid groups is 1. The van der Waals surface area contributed by atoms with Crippen molar-refractivity contribution in [2.75, 3.05) is 25.1 Å². The number of anilines is 1. The highest BCUT2D eigenvalue weighted by atomic mass is 31.2. The van der Waals surface area contributed by atoms with E-state index in [0.29, 0.717) is 18.8 Å². The molecular formula is C26H37N2O7P. The quantitative estimate of drug-likeness (QED) is 0.341. The van der Waals surface area contributed by atoms with Crippen LogP contribution < -0.4 is 15.2 Å². The summed E-state index contributed by atoms with van der Waals surface area (Å²) >= 11 is 0. The Morgan fingerprint density at radius 3 is 2.11 bits per heavy atom. The lowest BCUT2D eigenvalue weighted by atomic mass is 9.92. The highest BCUT2D eigenvalue weighted by molar-refractivity contribution is 7.46. The minimum Gasteiger partial charge on any atom is -0.404 e. The number of phosphoric ester groups is 1. The fourth-order valence-electron chi connectivity index (χ4n) is 4.05. The van der Waals surface area contributed by atoms with Gasteiger partial charge in [0.1, 0.15) is 5.75 Å². The van der Waals surface area contributed by atoms with E-state index in [1.807, 2.05) is 32.0 Å². The van der Waals surface area contributed by atoms with E-state index in [2.05, 4.69) is 38.3 Å². The van der Waals surface area contributed by atoms with Crippen LogP contribution in [0, 0.1) is 5.41 Å². The minimum absolute atomic E-state index is 0.0326. The standard InChI is InChI=1S/C26H37N2O7P/c1-17(2)21-11-8-12-22(18(3)4)23(21)28-24(29)27-14-26(33-15-25(5,6)16-34-26)19-9-7-10-20(13-19)35-36(30,31)32/h7-13,17-18H,14-16H2,1-6H3,(H2,27,28,29)(H2,30,31,32). The van der Waals surface area contributed by atoms with Crippen molar-refractivity contribution in [3.63, 3.8) is 0 Å². The zero-order chi connectivity index (χ0) is 26.7. The van der Waals surface area contributed by atoms with Crippen LogP contribution in [0.5, 0.6) is 5.75 Å². The first-order valence-corrected chi connectivity index (χ1v) is 13.6. The first-order valence-electron chi connectivity index (χ1n) is 12.0. The maximum atomic E-state index is 13.1. The Labute approximate surface area is 212 Å². The number of hydrogen-bond donors (Lipinski definition) is 4. The fraction of sp³-hybridized carbons (Fsp3) is 0.500. The smallest absolute Gasteiger partial charge is 0.404 e. The molecule has 1 saturated heterocycles. The summed E-state index contributed by atoms with van der Waals surface area (Å²) in [7, 11) is -4.75. The summed E-state index contributed by atoms with van der Waals surface area (Å²) in [5.74, 6) is -0.961. The average Bonchev–Trinajstić information content (AvgIpc) is 2.77. The van der Waals surface area contributed by atoms with E-state index >= 15 is 0 Å². The molecule has 1 aliphatic rings. The van der Waals surface area contributed by atoms with Crippen LogP contribution in [0.2, 0.25) is 0 Å². The molecule has 1 heterocycles. The molecule has 0 atom stereocenters. The van der Waals surface area contributed by atoms with Gasteiger partial charge in [-0.15, -0.1) is 0 Å². The SMILES string of the molecule is CC(C)c1cccc(C(C)C)c1NC(=O)NCC1(c2cccc(OP(=O)(O)O)c2)OCC(C)(C)CO1. The molecule has 0 unspecified atom stereocenters. The zero-order valence-corrected chi connectivity index (χ0v) is 22.6. The van der Waals surface area contributed by atoms with Gasteiger partial charge in [0.2, 0.25) is 5.79 Å². The third-order valence-electron chi connectivity index (χ3n) is 5.98. The summed E-state index contributed by atoms with van der Waals surface area (Å²) in [6.45, 7) is 13.0. The number of rotatable bonds is 8. The summed E-state index contributed by atoms with van der Waals surface area (Å²) in [6, 6.07) is 11.8. The number of amides is 2.